The van der Waals surface area contributed by atoms with E-state index < -0.39 is 0 Å². The zero-order valence-corrected chi connectivity index (χ0v) is 22.1. The number of nitrogens with zero attached hydrogens (tertiary/aromatic N) is 4. The summed E-state index contributed by atoms with van der Waals surface area (Å²) in [4.78, 5) is 12.1. The fourth-order valence-electron chi connectivity index (χ4n) is 4.45. The molecule has 2 aliphatic rings. The predicted molar refractivity (Wildman–Crippen MR) is 144 cm³/mol. The minimum Gasteiger partial charge on any atom is -0.372 e. The van der Waals surface area contributed by atoms with Crippen LogP contribution in [0.3, 0.4) is 0 Å². The van der Waals surface area contributed by atoms with Crippen molar-refractivity contribution in [3.63, 3.8) is 0 Å². The molecule has 1 unspecified atom stereocenters. The van der Waals surface area contributed by atoms with Crippen molar-refractivity contribution in [2.45, 2.75) is 45.6 Å². The molecule has 176 valence electrons. The number of piperazine rings is 1. The Morgan fingerprint density at radius 2 is 1.74 bits per heavy atom. The van der Waals surface area contributed by atoms with Crippen molar-refractivity contribution in [2.75, 3.05) is 70.9 Å². The second kappa shape index (κ2) is 14.2. The summed E-state index contributed by atoms with van der Waals surface area (Å²) in [7, 11) is 1.86. The molecule has 2 aliphatic heterocycles. The first-order chi connectivity index (χ1) is 14.7. The van der Waals surface area contributed by atoms with Gasteiger partial charge in [-0.1, -0.05) is 19.1 Å². The Hall–Kier alpha value is -1.06. The number of likely N-dealkylation sites (N-methyl/N-ethyl adjacent to an activating group) is 1. The van der Waals surface area contributed by atoms with Gasteiger partial charge in [0.2, 0.25) is 0 Å². The van der Waals surface area contributed by atoms with Crippen LogP contribution in [0.4, 0.5) is 5.69 Å². The van der Waals surface area contributed by atoms with Crippen LogP contribution in [-0.2, 0) is 0 Å². The summed E-state index contributed by atoms with van der Waals surface area (Å²) in [6.07, 6.45) is 5.03. The number of nitrogens with one attached hydrogen (secondary N) is 2. The molecule has 0 amide bonds. The van der Waals surface area contributed by atoms with Gasteiger partial charge in [0, 0.05) is 58.5 Å². The fourth-order valence-corrected chi connectivity index (χ4v) is 4.45. The van der Waals surface area contributed by atoms with Crippen LogP contribution in [-0.4, -0.2) is 81.7 Å². The molecule has 7 heteroatoms. The molecule has 0 spiro atoms. The lowest BCUT2D eigenvalue weighted by Gasteiger charge is -2.34. The van der Waals surface area contributed by atoms with Crippen LogP contribution < -0.4 is 15.5 Å². The lowest BCUT2D eigenvalue weighted by atomic mass is 10.1. The maximum absolute atomic E-state index is 4.43. The quantitative estimate of drug-likeness (QED) is 0.216. The molecule has 0 saturated carbocycles. The number of anilines is 1. The van der Waals surface area contributed by atoms with Crippen LogP contribution in [0.2, 0.25) is 0 Å². The summed E-state index contributed by atoms with van der Waals surface area (Å²) in [5, 5.41) is 7.05. The molecular formula is C24H43IN6. The number of unbranched alkanes of at least 4 members (excludes halogenated alkanes) is 1. The Morgan fingerprint density at radius 3 is 2.42 bits per heavy atom. The van der Waals surface area contributed by atoms with E-state index in [2.05, 4.69) is 68.4 Å². The molecule has 6 nitrogen and oxygen atoms in total. The standard InChI is InChI=1S/C24H42N6.HI/c1-4-28-16-18-29(19-17-28)13-6-5-12-26-24(25-3)27-21(2)22-10-9-11-23(20-22)30-14-7-8-15-30;/h9-11,20-21H,4-8,12-19H2,1-3H3,(H2,25,26,27);1H. The van der Waals surface area contributed by atoms with Crippen LogP contribution in [0, 0.1) is 0 Å². The van der Waals surface area contributed by atoms with Gasteiger partial charge in [0.15, 0.2) is 5.96 Å². The number of hydrogen-bond donors (Lipinski definition) is 2. The maximum atomic E-state index is 4.43. The van der Waals surface area contributed by atoms with Gasteiger partial charge in [-0.25, -0.2) is 0 Å². The molecule has 31 heavy (non-hydrogen) atoms. The Kier molecular flexibility index (Phi) is 12.0. The molecule has 2 saturated heterocycles. The summed E-state index contributed by atoms with van der Waals surface area (Å²) in [6.45, 7) is 15.1. The number of rotatable bonds is 9. The van der Waals surface area contributed by atoms with Gasteiger partial charge < -0.3 is 25.3 Å². The van der Waals surface area contributed by atoms with Gasteiger partial charge in [-0.3, -0.25) is 4.99 Å². The van der Waals surface area contributed by atoms with Crippen LogP contribution in [0.25, 0.3) is 0 Å². The summed E-state index contributed by atoms with van der Waals surface area (Å²) in [5.41, 5.74) is 2.66. The Bertz CT molecular complexity index is 653. The molecule has 1 atom stereocenters. The second-order valence-corrected chi connectivity index (χ2v) is 8.64. The van der Waals surface area contributed by atoms with E-state index in [9.17, 15) is 0 Å². The van der Waals surface area contributed by atoms with E-state index in [1.165, 1.54) is 89.3 Å². The molecule has 0 bridgehead atoms. The molecule has 2 fully saturated rings. The molecule has 2 heterocycles. The molecule has 3 rings (SSSR count). The molecule has 1 aromatic rings. The highest BCUT2D eigenvalue weighted by Crippen LogP contribution is 2.23. The van der Waals surface area contributed by atoms with Crippen molar-refractivity contribution in [3.05, 3.63) is 29.8 Å². The number of halogens is 1. The van der Waals surface area contributed by atoms with Crippen molar-refractivity contribution in [1.82, 2.24) is 20.4 Å². The monoisotopic (exact) mass is 542 g/mol. The largest absolute Gasteiger partial charge is 0.372 e. The minimum absolute atomic E-state index is 0. The summed E-state index contributed by atoms with van der Waals surface area (Å²) in [6, 6.07) is 9.18. The highest BCUT2D eigenvalue weighted by molar-refractivity contribution is 14.0. The zero-order valence-electron chi connectivity index (χ0n) is 19.8. The SMILES string of the molecule is CCN1CCN(CCCCNC(=NC)NC(C)c2cccc(N3CCCC3)c2)CC1.I. The number of hydrogen-bond acceptors (Lipinski definition) is 4. The first-order valence-electron chi connectivity index (χ1n) is 12.0. The first-order valence-corrected chi connectivity index (χ1v) is 12.0. The van der Waals surface area contributed by atoms with Gasteiger partial charge in [0.1, 0.15) is 0 Å². The van der Waals surface area contributed by atoms with Crippen molar-refractivity contribution in [1.29, 1.82) is 0 Å². The highest BCUT2D eigenvalue weighted by atomic mass is 127. The van der Waals surface area contributed by atoms with Gasteiger partial charge in [0.25, 0.3) is 0 Å². The Balaban J connectivity index is 0.00000341. The summed E-state index contributed by atoms with van der Waals surface area (Å²) >= 11 is 0. The molecular weight excluding hydrogens is 499 g/mol. The molecule has 0 aliphatic carbocycles. The minimum atomic E-state index is 0. The average Bonchev–Trinajstić information content (AvgIpc) is 3.33. The second-order valence-electron chi connectivity index (χ2n) is 8.64. The lowest BCUT2D eigenvalue weighted by molar-refractivity contribution is 0.136. The molecule has 1 aromatic carbocycles. The van der Waals surface area contributed by atoms with Crippen molar-refractivity contribution < 1.29 is 0 Å². The van der Waals surface area contributed by atoms with Crippen LogP contribution in [0.5, 0.6) is 0 Å². The summed E-state index contributed by atoms with van der Waals surface area (Å²) in [5.74, 6) is 0.894. The van der Waals surface area contributed by atoms with Gasteiger partial charge >= 0.3 is 0 Å². The van der Waals surface area contributed by atoms with E-state index in [0.717, 1.165) is 12.5 Å². The van der Waals surface area contributed by atoms with Crippen molar-refractivity contribution in [2.24, 2.45) is 4.99 Å². The van der Waals surface area contributed by atoms with E-state index >= 15 is 0 Å². The van der Waals surface area contributed by atoms with Gasteiger partial charge in [-0.15, -0.1) is 24.0 Å². The topological polar surface area (TPSA) is 46.1 Å². The fraction of sp³-hybridized carbons (Fsp3) is 0.708. The predicted octanol–water partition coefficient (Wildman–Crippen LogP) is 3.55. The van der Waals surface area contributed by atoms with E-state index in [1.807, 2.05) is 7.05 Å². The summed E-state index contributed by atoms with van der Waals surface area (Å²) < 4.78 is 0. The van der Waals surface area contributed by atoms with Crippen molar-refractivity contribution in [3.8, 4) is 0 Å². The van der Waals surface area contributed by atoms with Gasteiger partial charge in [0.05, 0.1) is 6.04 Å². The number of aliphatic imine (C=N–C) groups is 1. The van der Waals surface area contributed by atoms with Gasteiger partial charge in [-0.05, 0) is 63.4 Å². The molecule has 0 aromatic heterocycles. The van der Waals surface area contributed by atoms with Gasteiger partial charge in [-0.2, -0.15) is 0 Å². The first kappa shape index (κ1) is 26.2. The number of benzene rings is 1. The third kappa shape index (κ3) is 8.42. The number of guanidine groups is 1. The molecule has 2 N–H and O–H groups in total. The normalized spacial score (nSPS) is 19.2. The van der Waals surface area contributed by atoms with Crippen LogP contribution >= 0.6 is 24.0 Å². The van der Waals surface area contributed by atoms with E-state index in [-0.39, 0.29) is 30.0 Å². The average molecular weight is 543 g/mol. The Morgan fingerprint density at radius 1 is 1.03 bits per heavy atom. The van der Waals surface area contributed by atoms with E-state index in [0.29, 0.717) is 0 Å². The third-order valence-corrected chi connectivity index (χ3v) is 6.52. The van der Waals surface area contributed by atoms with E-state index in [1.54, 1.807) is 0 Å². The highest BCUT2D eigenvalue weighted by Gasteiger charge is 2.16. The third-order valence-electron chi connectivity index (χ3n) is 6.52. The van der Waals surface area contributed by atoms with E-state index in [4.69, 9.17) is 0 Å². The maximum Gasteiger partial charge on any atom is 0.191 e. The zero-order chi connectivity index (χ0) is 21.2. The van der Waals surface area contributed by atoms with Crippen LogP contribution in [0.1, 0.15) is 51.1 Å². The lowest BCUT2D eigenvalue weighted by Crippen LogP contribution is -2.46. The Labute approximate surface area is 206 Å². The van der Waals surface area contributed by atoms with Crippen molar-refractivity contribution >= 4 is 35.6 Å². The molecule has 0 radical (unpaired) electrons. The van der Waals surface area contributed by atoms with Crippen LogP contribution in [0.15, 0.2) is 29.3 Å². The smallest absolute Gasteiger partial charge is 0.191 e.